The lowest BCUT2D eigenvalue weighted by Gasteiger charge is -2.50. The first-order valence-electron chi connectivity index (χ1n) is 10.1. The number of benzene rings is 1. The summed E-state index contributed by atoms with van der Waals surface area (Å²) in [7, 11) is 1.31. The Kier molecular flexibility index (Phi) is 7.09. The van der Waals surface area contributed by atoms with E-state index in [1.165, 1.54) is 7.11 Å². The molecule has 29 heavy (non-hydrogen) atoms. The fourth-order valence-corrected chi connectivity index (χ4v) is 4.22. The van der Waals surface area contributed by atoms with Crippen molar-refractivity contribution in [1.29, 1.82) is 0 Å². The molecule has 2 aliphatic rings. The van der Waals surface area contributed by atoms with Gasteiger partial charge in [-0.15, -0.1) is 0 Å². The zero-order valence-corrected chi connectivity index (χ0v) is 16.8. The number of amides is 2. The molecule has 8 nitrogen and oxygen atoms in total. The topological polar surface area (TPSA) is 111 Å². The number of hydrogen-bond acceptors (Lipinski definition) is 6. The Labute approximate surface area is 170 Å². The number of nitrogens with one attached hydrogen (secondary N) is 1. The van der Waals surface area contributed by atoms with Gasteiger partial charge in [0.15, 0.2) is 0 Å². The first-order valence-corrected chi connectivity index (χ1v) is 10.1. The van der Waals surface area contributed by atoms with Crippen molar-refractivity contribution < 1.29 is 23.9 Å². The number of nitrogens with two attached hydrogens (primary N) is 1. The van der Waals surface area contributed by atoms with Crippen LogP contribution in [0.2, 0.25) is 0 Å². The number of fused-ring (bicyclic) bond motifs is 1. The number of methoxy groups -OCH3 is 1. The zero-order valence-electron chi connectivity index (χ0n) is 16.8. The Bertz CT molecular complexity index is 736. The molecule has 158 valence electrons. The summed E-state index contributed by atoms with van der Waals surface area (Å²) in [5, 5.41) is 2.68. The van der Waals surface area contributed by atoms with Crippen LogP contribution in [0.3, 0.4) is 0 Å². The number of primary amides is 1. The van der Waals surface area contributed by atoms with E-state index in [1.807, 2.05) is 0 Å². The highest BCUT2D eigenvalue weighted by atomic mass is 16.5. The van der Waals surface area contributed by atoms with E-state index in [0.29, 0.717) is 24.0 Å². The lowest BCUT2D eigenvalue weighted by atomic mass is 9.61. The minimum Gasteiger partial charge on any atom is -0.494 e. The van der Waals surface area contributed by atoms with Gasteiger partial charge in [0, 0.05) is 24.6 Å². The predicted molar refractivity (Wildman–Crippen MR) is 106 cm³/mol. The number of esters is 1. The Morgan fingerprint density at radius 2 is 2.00 bits per heavy atom. The quantitative estimate of drug-likeness (QED) is 0.466. The number of ether oxygens (including phenoxy) is 2. The molecule has 1 aromatic carbocycles. The van der Waals surface area contributed by atoms with Gasteiger partial charge < -0.3 is 25.4 Å². The largest absolute Gasteiger partial charge is 0.494 e. The van der Waals surface area contributed by atoms with E-state index in [0.717, 1.165) is 44.6 Å². The minimum absolute atomic E-state index is 0.00697. The highest BCUT2D eigenvalue weighted by molar-refractivity contribution is 5.92. The molecular weight excluding hydrogens is 374 g/mol. The van der Waals surface area contributed by atoms with Crippen LogP contribution in [-0.2, 0) is 14.3 Å². The summed E-state index contributed by atoms with van der Waals surface area (Å²) in [5.74, 6) is 0.768. The molecule has 0 bridgehead atoms. The number of piperidine rings is 1. The lowest BCUT2D eigenvalue weighted by Crippen LogP contribution is -2.55. The fraction of sp³-hybridized carbons (Fsp3) is 0.571. The lowest BCUT2D eigenvalue weighted by molar-refractivity contribution is -0.144. The van der Waals surface area contributed by atoms with Gasteiger partial charge in [-0.1, -0.05) is 0 Å². The molecule has 2 fully saturated rings. The van der Waals surface area contributed by atoms with Crippen LogP contribution in [0, 0.1) is 17.8 Å². The van der Waals surface area contributed by atoms with Gasteiger partial charge >= 0.3 is 5.97 Å². The molecule has 0 aromatic heterocycles. The van der Waals surface area contributed by atoms with Gasteiger partial charge in [-0.05, 0) is 61.9 Å². The van der Waals surface area contributed by atoms with E-state index in [2.05, 4.69) is 15.0 Å². The number of carbonyl (C=O) groups excluding carboxylic acids is 3. The summed E-state index contributed by atoms with van der Waals surface area (Å²) in [6.45, 7) is 3.40. The fourth-order valence-electron chi connectivity index (χ4n) is 4.22. The molecule has 0 radical (unpaired) electrons. The standard InChI is InChI=1S/C21H29N3O5/c1-28-19(25)12-23-21(27)17-11-15-7-9-24(13-18(15)17)8-2-10-29-16-5-3-14(4-6-16)20(22)26/h3-6,15,17-18H,2,7-13H2,1H3,(H2,22,26)(H,23,27)/t15-,17-,18-/m1/s1. The Morgan fingerprint density at radius 1 is 1.24 bits per heavy atom. The summed E-state index contributed by atoms with van der Waals surface area (Å²) in [4.78, 5) is 37.0. The Morgan fingerprint density at radius 3 is 2.69 bits per heavy atom. The van der Waals surface area contributed by atoms with Crippen molar-refractivity contribution >= 4 is 17.8 Å². The number of carbonyl (C=O) groups is 3. The number of nitrogens with zero attached hydrogens (tertiary/aromatic N) is 1. The Balaban J connectivity index is 1.36. The molecule has 1 heterocycles. The average molecular weight is 403 g/mol. The van der Waals surface area contributed by atoms with Crippen LogP contribution in [0.4, 0.5) is 0 Å². The molecule has 0 unspecified atom stereocenters. The number of likely N-dealkylation sites (tertiary alicyclic amines) is 1. The average Bonchev–Trinajstić information content (AvgIpc) is 2.71. The third kappa shape index (κ3) is 5.47. The van der Waals surface area contributed by atoms with Gasteiger partial charge in [0.2, 0.25) is 11.8 Å². The highest BCUT2D eigenvalue weighted by Gasteiger charge is 2.47. The summed E-state index contributed by atoms with van der Waals surface area (Å²) in [6, 6.07) is 6.81. The van der Waals surface area contributed by atoms with Crippen LogP contribution >= 0.6 is 0 Å². The molecule has 2 amide bonds. The third-order valence-electron chi connectivity index (χ3n) is 5.96. The van der Waals surface area contributed by atoms with Crippen molar-refractivity contribution in [2.24, 2.45) is 23.5 Å². The molecule has 1 saturated carbocycles. The molecule has 3 N–H and O–H groups in total. The van der Waals surface area contributed by atoms with Crippen LogP contribution < -0.4 is 15.8 Å². The molecule has 8 heteroatoms. The second-order valence-corrected chi connectivity index (χ2v) is 7.74. The van der Waals surface area contributed by atoms with Crippen molar-refractivity contribution in [3.05, 3.63) is 29.8 Å². The van der Waals surface area contributed by atoms with Crippen LogP contribution in [0.5, 0.6) is 5.75 Å². The van der Waals surface area contributed by atoms with E-state index in [4.69, 9.17) is 10.5 Å². The van der Waals surface area contributed by atoms with E-state index < -0.39 is 11.9 Å². The number of hydrogen-bond donors (Lipinski definition) is 2. The van der Waals surface area contributed by atoms with Crippen LogP contribution in [0.15, 0.2) is 24.3 Å². The molecular formula is C21H29N3O5. The van der Waals surface area contributed by atoms with Gasteiger partial charge in [-0.3, -0.25) is 14.4 Å². The van der Waals surface area contributed by atoms with Gasteiger partial charge in [0.05, 0.1) is 13.7 Å². The maximum Gasteiger partial charge on any atom is 0.325 e. The second kappa shape index (κ2) is 9.73. The third-order valence-corrected chi connectivity index (χ3v) is 5.96. The van der Waals surface area contributed by atoms with Crippen LogP contribution in [-0.4, -0.2) is 62.6 Å². The van der Waals surface area contributed by atoms with Gasteiger partial charge in [0.1, 0.15) is 12.3 Å². The Hall–Kier alpha value is -2.61. The SMILES string of the molecule is COC(=O)CNC(=O)[C@@H]1C[C@H]2CCN(CCCOc3ccc(C(N)=O)cc3)C[C@H]21. The van der Waals surface area contributed by atoms with E-state index in [9.17, 15) is 14.4 Å². The summed E-state index contributed by atoms with van der Waals surface area (Å²) in [5.41, 5.74) is 5.69. The first-order chi connectivity index (χ1) is 14.0. The molecule has 0 spiro atoms. The van der Waals surface area contributed by atoms with E-state index in [-0.39, 0.29) is 18.4 Å². The van der Waals surface area contributed by atoms with Crippen molar-refractivity contribution in [1.82, 2.24) is 10.2 Å². The second-order valence-electron chi connectivity index (χ2n) is 7.74. The predicted octanol–water partition coefficient (Wildman–Crippen LogP) is 0.802. The summed E-state index contributed by atoms with van der Waals surface area (Å²) in [6.07, 6.45) is 2.91. The summed E-state index contributed by atoms with van der Waals surface area (Å²) >= 11 is 0. The van der Waals surface area contributed by atoms with Crippen molar-refractivity contribution in [3.8, 4) is 5.75 Å². The smallest absolute Gasteiger partial charge is 0.325 e. The maximum atomic E-state index is 12.3. The molecule has 1 saturated heterocycles. The van der Waals surface area contributed by atoms with Crippen LogP contribution in [0.1, 0.15) is 29.6 Å². The molecule has 3 rings (SSSR count). The van der Waals surface area contributed by atoms with Crippen molar-refractivity contribution in [2.75, 3.05) is 39.9 Å². The normalized spacial score (nSPS) is 23.4. The zero-order chi connectivity index (χ0) is 20.8. The van der Waals surface area contributed by atoms with Crippen molar-refractivity contribution in [3.63, 3.8) is 0 Å². The van der Waals surface area contributed by atoms with Gasteiger partial charge in [0.25, 0.3) is 0 Å². The van der Waals surface area contributed by atoms with E-state index >= 15 is 0 Å². The minimum atomic E-state index is -0.451. The number of rotatable bonds is 9. The van der Waals surface area contributed by atoms with Gasteiger partial charge in [-0.2, -0.15) is 0 Å². The van der Waals surface area contributed by atoms with Crippen molar-refractivity contribution in [2.45, 2.75) is 19.3 Å². The molecule has 1 aromatic rings. The molecule has 3 atom stereocenters. The molecule has 1 aliphatic heterocycles. The summed E-state index contributed by atoms with van der Waals surface area (Å²) < 4.78 is 10.3. The highest BCUT2D eigenvalue weighted by Crippen LogP contribution is 2.45. The maximum absolute atomic E-state index is 12.3. The first kappa shape index (κ1) is 21.1. The monoisotopic (exact) mass is 403 g/mol. The molecule has 1 aliphatic carbocycles. The van der Waals surface area contributed by atoms with Gasteiger partial charge in [-0.25, -0.2) is 0 Å². The van der Waals surface area contributed by atoms with E-state index in [1.54, 1.807) is 24.3 Å². The van der Waals surface area contributed by atoms with Crippen LogP contribution in [0.25, 0.3) is 0 Å².